The van der Waals surface area contributed by atoms with Gasteiger partial charge in [-0.15, -0.1) is 0 Å². The Bertz CT molecular complexity index is 452. The van der Waals surface area contributed by atoms with Gasteiger partial charge in [0.2, 0.25) is 11.8 Å². The third-order valence-electron chi connectivity index (χ3n) is 4.81. The standard InChI is InChI=1S/C17H27NO4/c1-10-11(2)15(20)18(14(10)19)13-8-6-12(7-9-13)16(21)22-17(3,4)5/h10-13H,6-9H2,1-5H3. The van der Waals surface area contributed by atoms with E-state index in [0.29, 0.717) is 25.7 Å². The van der Waals surface area contributed by atoms with Gasteiger partial charge in [0, 0.05) is 17.9 Å². The maximum atomic E-state index is 12.2. The van der Waals surface area contributed by atoms with Crippen LogP contribution < -0.4 is 0 Å². The molecule has 5 nitrogen and oxygen atoms in total. The van der Waals surface area contributed by atoms with Crippen LogP contribution in [0.15, 0.2) is 0 Å². The lowest BCUT2D eigenvalue weighted by Crippen LogP contribution is -2.43. The summed E-state index contributed by atoms with van der Waals surface area (Å²) in [6.45, 7) is 9.22. The molecule has 2 amide bonds. The highest BCUT2D eigenvalue weighted by Gasteiger charge is 2.46. The van der Waals surface area contributed by atoms with Crippen molar-refractivity contribution in [1.82, 2.24) is 4.90 Å². The fourth-order valence-corrected chi connectivity index (χ4v) is 3.29. The van der Waals surface area contributed by atoms with Crippen molar-refractivity contribution in [3.8, 4) is 0 Å². The summed E-state index contributed by atoms with van der Waals surface area (Å²) >= 11 is 0. The van der Waals surface area contributed by atoms with Gasteiger partial charge in [0.25, 0.3) is 0 Å². The third-order valence-corrected chi connectivity index (χ3v) is 4.81. The molecule has 1 saturated heterocycles. The molecule has 1 aliphatic heterocycles. The summed E-state index contributed by atoms with van der Waals surface area (Å²) in [7, 11) is 0. The van der Waals surface area contributed by atoms with E-state index in [9.17, 15) is 14.4 Å². The van der Waals surface area contributed by atoms with Gasteiger partial charge in [-0.25, -0.2) is 0 Å². The lowest BCUT2D eigenvalue weighted by atomic mass is 9.85. The van der Waals surface area contributed by atoms with Crippen LogP contribution >= 0.6 is 0 Å². The smallest absolute Gasteiger partial charge is 0.309 e. The number of esters is 1. The molecule has 2 aliphatic rings. The lowest BCUT2D eigenvalue weighted by molar-refractivity contribution is -0.161. The molecular weight excluding hydrogens is 282 g/mol. The number of hydrogen-bond acceptors (Lipinski definition) is 4. The van der Waals surface area contributed by atoms with Crippen molar-refractivity contribution in [1.29, 1.82) is 0 Å². The van der Waals surface area contributed by atoms with Crippen LogP contribution in [0.5, 0.6) is 0 Å². The Kier molecular flexibility index (Phi) is 4.64. The van der Waals surface area contributed by atoms with E-state index in [-0.39, 0.29) is 41.6 Å². The minimum atomic E-state index is -0.473. The minimum Gasteiger partial charge on any atom is -0.460 e. The molecular formula is C17H27NO4. The van der Waals surface area contributed by atoms with Gasteiger partial charge in [-0.05, 0) is 46.5 Å². The van der Waals surface area contributed by atoms with Gasteiger partial charge in [0.15, 0.2) is 0 Å². The first-order chi connectivity index (χ1) is 10.1. The van der Waals surface area contributed by atoms with E-state index >= 15 is 0 Å². The molecule has 0 spiro atoms. The Labute approximate surface area is 132 Å². The van der Waals surface area contributed by atoms with Crippen molar-refractivity contribution in [3.05, 3.63) is 0 Å². The first-order valence-electron chi connectivity index (χ1n) is 8.21. The molecule has 0 bridgehead atoms. The Morgan fingerprint density at radius 3 is 1.86 bits per heavy atom. The van der Waals surface area contributed by atoms with E-state index in [0.717, 1.165) is 0 Å². The molecule has 22 heavy (non-hydrogen) atoms. The Hall–Kier alpha value is -1.39. The molecule has 5 heteroatoms. The van der Waals surface area contributed by atoms with Gasteiger partial charge < -0.3 is 4.74 Å². The molecule has 1 aliphatic carbocycles. The molecule has 2 rings (SSSR count). The quantitative estimate of drug-likeness (QED) is 0.581. The summed E-state index contributed by atoms with van der Waals surface area (Å²) in [6, 6.07) is -0.0499. The second kappa shape index (κ2) is 6.01. The van der Waals surface area contributed by atoms with E-state index in [4.69, 9.17) is 4.74 Å². The molecule has 0 radical (unpaired) electrons. The summed E-state index contributed by atoms with van der Waals surface area (Å²) in [5.41, 5.74) is -0.473. The predicted octanol–water partition coefficient (Wildman–Crippen LogP) is 2.53. The van der Waals surface area contributed by atoms with Gasteiger partial charge in [-0.1, -0.05) is 13.8 Å². The van der Waals surface area contributed by atoms with Crippen LogP contribution in [-0.4, -0.2) is 34.3 Å². The van der Waals surface area contributed by atoms with Crippen LogP contribution in [0.4, 0.5) is 0 Å². The van der Waals surface area contributed by atoms with Crippen molar-refractivity contribution in [2.75, 3.05) is 0 Å². The molecule has 1 saturated carbocycles. The zero-order valence-corrected chi connectivity index (χ0v) is 14.2. The van der Waals surface area contributed by atoms with Crippen LogP contribution in [0.2, 0.25) is 0 Å². The van der Waals surface area contributed by atoms with E-state index < -0.39 is 5.60 Å². The van der Waals surface area contributed by atoms with E-state index in [2.05, 4.69) is 0 Å². The van der Waals surface area contributed by atoms with Crippen molar-refractivity contribution >= 4 is 17.8 Å². The number of ether oxygens (including phenoxy) is 1. The number of nitrogens with zero attached hydrogens (tertiary/aromatic N) is 1. The highest BCUT2D eigenvalue weighted by molar-refractivity contribution is 6.05. The highest BCUT2D eigenvalue weighted by Crippen LogP contribution is 2.35. The minimum absolute atomic E-state index is 0.0499. The number of imide groups is 1. The monoisotopic (exact) mass is 309 g/mol. The third kappa shape index (κ3) is 3.33. The molecule has 0 aromatic carbocycles. The predicted molar refractivity (Wildman–Crippen MR) is 81.8 cm³/mol. The topological polar surface area (TPSA) is 63.7 Å². The van der Waals surface area contributed by atoms with E-state index in [1.807, 2.05) is 34.6 Å². The van der Waals surface area contributed by atoms with Gasteiger partial charge in [-0.3, -0.25) is 19.3 Å². The first kappa shape index (κ1) is 17.0. The molecule has 124 valence electrons. The summed E-state index contributed by atoms with van der Waals surface area (Å²) in [6.07, 6.45) is 2.75. The second-order valence-electron chi connectivity index (χ2n) is 7.66. The molecule has 0 aromatic rings. The molecule has 2 atom stereocenters. The highest BCUT2D eigenvalue weighted by atomic mass is 16.6. The van der Waals surface area contributed by atoms with Gasteiger partial charge in [-0.2, -0.15) is 0 Å². The SMILES string of the molecule is CC1C(=O)N(C2CCC(C(=O)OC(C)(C)C)CC2)C(=O)C1C. The number of carbonyl (C=O) groups excluding carboxylic acids is 3. The van der Waals surface area contributed by atoms with Crippen molar-refractivity contribution in [2.45, 2.75) is 71.9 Å². The lowest BCUT2D eigenvalue weighted by Gasteiger charge is -2.33. The zero-order valence-electron chi connectivity index (χ0n) is 14.2. The molecule has 2 fully saturated rings. The number of hydrogen-bond donors (Lipinski definition) is 0. The Balaban J connectivity index is 1.94. The van der Waals surface area contributed by atoms with Crippen molar-refractivity contribution in [2.24, 2.45) is 17.8 Å². The van der Waals surface area contributed by atoms with E-state index in [1.54, 1.807) is 0 Å². The average molecular weight is 309 g/mol. The Morgan fingerprint density at radius 2 is 1.45 bits per heavy atom. The number of carbonyl (C=O) groups is 3. The van der Waals surface area contributed by atoms with Crippen molar-refractivity contribution in [3.63, 3.8) is 0 Å². The van der Waals surface area contributed by atoms with Crippen LogP contribution in [0.25, 0.3) is 0 Å². The van der Waals surface area contributed by atoms with Crippen molar-refractivity contribution < 1.29 is 19.1 Å². The molecule has 2 unspecified atom stereocenters. The molecule has 1 heterocycles. The summed E-state index contributed by atoms with van der Waals surface area (Å²) < 4.78 is 5.43. The number of amides is 2. The van der Waals surface area contributed by atoms with Crippen LogP contribution in [0.1, 0.15) is 60.3 Å². The van der Waals surface area contributed by atoms with Crippen LogP contribution in [0.3, 0.4) is 0 Å². The normalized spacial score (nSPS) is 33.2. The summed E-state index contributed by atoms with van der Waals surface area (Å²) in [4.78, 5) is 38.0. The Morgan fingerprint density at radius 1 is 1.00 bits per heavy atom. The molecule has 0 N–H and O–H groups in total. The summed E-state index contributed by atoms with van der Waals surface area (Å²) in [5, 5.41) is 0. The first-order valence-corrected chi connectivity index (χ1v) is 8.21. The largest absolute Gasteiger partial charge is 0.460 e. The number of rotatable bonds is 2. The second-order valence-corrected chi connectivity index (χ2v) is 7.66. The fraction of sp³-hybridized carbons (Fsp3) is 0.824. The average Bonchev–Trinajstić information content (AvgIpc) is 2.61. The van der Waals surface area contributed by atoms with Gasteiger partial charge in [0.1, 0.15) is 5.60 Å². The maximum Gasteiger partial charge on any atom is 0.309 e. The van der Waals surface area contributed by atoms with Crippen LogP contribution in [-0.2, 0) is 19.1 Å². The van der Waals surface area contributed by atoms with E-state index in [1.165, 1.54) is 4.90 Å². The zero-order chi connectivity index (χ0) is 16.7. The van der Waals surface area contributed by atoms with Crippen LogP contribution in [0, 0.1) is 17.8 Å². The summed E-state index contributed by atoms with van der Waals surface area (Å²) in [5.74, 6) is -0.839. The van der Waals surface area contributed by atoms with Gasteiger partial charge in [0.05, 0.1) is 5.92 Å². The molecule has 0 aromatic heterocycles. The maximum absolute atomic E-state index is 12.2. The number of likely N-dealkylation sites (tertiary alicyclic amines) is 1. The fourth-order valence-electron chi connectivity index (χ4n) is 3.29. The van der Waals surface area contributed by atoms with Gasteiger partial charge >= 0.3 is 5.97 Å².